The maximum absolute atomic E-state index is 13.3. The summed E-state index contributed by atoms with van der Waals surface area (Å²) in [6.07, 6.45) is 0.640. The minimum atomic E-state index is -0.808. The number of carbonyl (C=O) groups excluding carboxylic acids is 2. The van der Waals surface area contributed by atoms with E-state index in [0.717, 1.165) is 24.4 Å². The number of piperazine rings is 1. The molecule has 1 N–H and O–H groups in total. The van der Waals surface area contributed by atoms with E-state index in [9.17, 15) is 9.59 Å². The maximum Gasteiger partial charge on any atom is 0.325 e. The summed E-state index contributed by atoms with van der Waals surface area (Å²) in [6.45, 7) is 9.20. The fourth-order valence-electron chi connectivity index (χ4n) is 5.88. The molecule has 3 aliphatic rings. The van der Waals surface area contributed by atoms with E-state index in [0.29, 0.717) is 30.8 Å². The zero-order valence-electron chi connectivity index (χ0n) is 21.5. The molecule has 6 rings (SSSR count). The van der Waals surface area contributed by atoms with Gasteiger partial charge in [-0.1, -0.05) is 30.3 Å². The van der Waals surface area contributed by atoms with Crippen LogP contribution < -0.4 is 19.9 Å². The van der Waals surface area contributed by atoms with E-state index in [4.69, 9.17) is 4.74 Å². The Morgan fingerprint density at radius 3 is 2.43 bits per heavy atom. The first kappa shape index (κ1) is 23.4. The summed E-state index contributed by atoms with van der Waals surface area (Å²) in [5.41, 5.74) is 5.35. The van der Waals surface area contributed by atoms with E-state index in [1.807, 2.05) is 60.4 Å². The molecular weight excluding hydrogens is 464 g/mol. The lowest BCUT2D eigenvalue weighted by Crippen LogP contribution is -2.65. The SMILES string of the molecule is Cc1cccc(N2CCN(C(=O)c3ccc(N4C(=O)N[C@H]5C[C@@]4(C)Oc4ccccc45)cc3)CC2)c1C. The topological polar surface area (TPSA) is 65.1 Å². The predicted molar refractivity (Wildman–Crippen MR) is 144 cm³/mol. The van der Waals surface area contributed by atoms with Gasteiger partial charge in [-0.2, -0.15) is 0 Å². The minimum absolute atomic E-state index is 0.0179. The highest BCUT2D eigenvalue weighted by molar-refractivity contribution is 5.97. The average Bonchev–Trinajstić information content (AvgIpc) is 2.90. The molecule has 2 fully saturated rings. The monoisotopic (exact) mass is 496 g/mol. The van der Waals surface area contributed by atoms with Crippen molar-refractivity contribution in [2.75, 3.05) is 36.0 Å². The minimum Gasteiger partial charge on any atom is -0.467 e. The fourth-order valence-corrected chi connectivity index (χ4v) is 5.88. The third kappa shape index (κ3) is 3.99. The van der Waals surface area contributed by atoms with Gasteiger partial charge in [-0.05, 0) is 68.3 Å². The quantitative estimate of drug-likeness (QED) is 0.552. The molecule has 0 spiro atoms. The van der Waals surface area contributed by atoms with Crippen LogP contribution in [0.3, 0.4) is 0 Å². The standard InChI is InChI=1S/C30H32N4O3/c1-20-7-6-9-26(21(20)2)32-15-17-33(18-16-32)28(35)22-11-13-23(14-12-22)34-29(36)31-25-19-30(34,3)37-27-10-5-4-8-24(25)27/h4-14,25H,15-19H2,1-3H3,(H,31,36)/t25-,30+/m0/s1. The van der Waals surface area contributed by atoms with E-state index in [-0.39, 0.29) is 18.0 Å². The smallest absolute Gasteiger partial charge is 0.325 e. The highest BCUT2D eigenvalue weighted by atomic mass is 16.5. The first-order chi connectivity index (χ1) is 17.8. The Balaban J connectivity index is 1.16. The highest BCUT2D eigenvalue weighted by Crippen LogP contribution is 2.45. The van der Waals surface area contributed by atoms with E-state index >= 15 is 0 Å². The molecule has 0 aromatic heterocycles. The molecule has 3 aromatic carbocycles. The number of nitrogens with zero attached hydrogens (tertiary/aromatic N) is 3. The third-order valence-electron chi connectivity index (χ3n) is 8.04. The van der Waals surface area contributed by atoms with Crippen molar-refractivity contribution in [3.05, 3.63) is 89.0 Å². The molecule has 3 heterocycles. The van der Waals surface area contributed by atoms with Crippen LogP contribution in [0.25, 0.3) is 0 Å². The van der Waals surface area contributed by atoms with Crippen LogP contribution in [0.4, 0.5) is 16.2 Å². The number of hydrogen-bond acceptors (Lipinski definition) is 4. The Bertz CT molecular complexity index is 1360. The number of rotatable bonds is 3. The first-order valence-corrected chi connectivity index (χ1v) is 12.9. The number of benzene rings is 3. The van der Waals surface area contributed by atoms with Gasteiger partial charge in [0.15, 0.2) is 5.72 Å². The average molecular weight is 497 g/mol. The van der Waals surface area contributed by atoms with Crippen LogP contribution >= 0.6 is 0 Å². The Hall–Kier alpha value is -4.00. The maximum atomic E-state index is 13.3. The first-order valence-electron chi connectivity index (χ1n) is 12.9. The van der Waals surface area contributed by atoms with E-state index in [1.165, 1.54) is 16.8 Å². The molecule has 190 valence electrons. The molecule has 0 aliphatic carbocycles. The summed E-state index contributed by atoms with van der Waals surface area (Å²) < 4.78 is 6.35. The van der Waals surface area contributed by atoms with Gasteiger partial charge >= 0.3 is 6.03 Å². The van der Waals surface area contributed by atoms with Gasteiger partial charge in [-0.3, -0.25) is 9.69 Å². The molecule has 7 heteroatoms. The molecule has 2 atom stereocenters. The molecule has 3 aromatic rings. The fraction of sp³-hybridized carbons (Fsp3) is 0.333. The molecule has 0 radical (unpaired) electrons. The van der Waals surface area contributed by atoms with Gasteiger partial charge < -0.3 is 19.9 Å². The summed E-state index contributed by atoms with van der Waals surface area (Å²) in [6, 6.07) is 21.3. The number of hydrogen-bond donors (Lipinski definition) is 1. The normalized spacial score (nSPS) is 22.7. The second-order valence-corrected chi connectivity index (χ2v) is 10.4. The number of aryl methyl sites for hydroxylation is 1. The van der Waals surface area contributed by atoms with Crippen molar-refractivity contribution in [1.82, 2.24) is 10.2 Å². The van der Waals surface area contributed by atoms with Gasteiger partial charge in [0.1, 0.15) is 5.75 Å². The van der Waals surface area contributed by atoms with Crippen molar-refractivity contribution < 1.29 is 14.3 Å². The van der Waals surface area contributed by atoms with Crippen molar-refractivity contribution in [3.8, 4) is 5.75 Å². The van der Waals surface area contributed by atoms with Gasteiger partial charge in [0.2, 0.25) is 0 Å². The molecule has 0 saturated carbocycles. The second kappa shape index (κ2) is 8.83. The van der Waals surface area contributed by atoms with E-state index in [1.54, 1.807) is 4.90 Å². The molecule has 3 amide bonds. The van der Waals surface area contributed by atoms with Gasteiger partial charge in [0.25, 0.3) is 5.91 Å². The van der Waals surface area contributed by atoms with Gasteiger partial charge in [0.05, 0.1) is 6.04 Å². The van der Waals surface area contributed by atoms with Crippen molar-refractivity contribution in [3.63, 3.8) is 0 Å². The Morgan fingerprint density at radius 1 is 0.946 bits per heavy atom. The number of nitrogens with one attached hydrogen (secondary N) is 1. The van der Waals surface area contributed by atoms with Crippen molar-refractivity contribution in [2.24, 2.45) is 0 Å². The van der Waals surface area contributed by atoms with Crippen LogP contribution in [0.2, 0.25) is 0 Å². The van der Waals surface area contributed by atoms with Crippen LogP contribution in [-0.4, -0.2) is 48.7 Å². The summed E-state index contributed by atoms with van der Waals surface area (Å²) in [7, 11) is 0. The Morgan fingerprint density at radius 2 is 1.68 bits per heavy atom. The number of amides is 3. The largest absolute Gasteiger partial charge is 0.467 e. The van der Waals surface area contributed by atoms with Crippen LogP contribution in [0.5, 0.6) is 5.75 Å². The molecular formula is C30H32N4O3. The number of ether oxygens (including phenoxy) is 1. The molecule has 37 heavy (non-hydrogen) atoms. The highest BCUT2D eigenvalue weighted by Gasteiger charge is 2.49. The van der Waals surface area contributed by atoms with E-state index in [2.05, 4.69) is 42.3 Å². The van der Waals surface area contributed by atoms with Crippen LogP contribution in [0.15, 0.2) is 66.7 Å². The molecule has 2 bridgehead atoms. The van der Waals surface area contributed by atoms with Crippen molar-refractivity contribution >= 4 is 23.3 Å². The van der Waals surface area contributed by atoms with Gasteiger partial charge in [-0.25, -0.2) is 4.79 Å². The Labute approximate surface area is 217 Å². The third-order valence-corrected chi connectivity index (χ3v) is 8.04. The summed E-state index contributed by atoms with van der Waals surface area (Å²) >= 11 is 0. The molecule has 7 nitrogen and oxygen atoms in total. The number of urea groups is 1. The molecule has 0 unspecified atom stereocenters. The number of carbonyl (C=O) groups is 2. The predicted octanol–water partition coefficient (Wildman–Crippen LogP) is 5.04. The van der Waals surface area contributed by atoms with Crippen molar-refractivity contribution in [2.45, 2.75) is 39.0 Å². The summed E-state index contributed by atoms with van der Waals surface area (Å²) in [5.74, 6) is 0.808. The van der Waals surface area contributed by atoms with Crippen LogP contribution in [0.1, 0.15) is 46.4 Å². The zero-order valence-corrected chi connectivity index (χ0v) is 21.5. The second-order valence-electron chi connectivity index (χ2n) is 10.4. The van der Waals surface area contributed by atoms with Crippen molar-refractivity contribution in [1.29, 1.82) is 0 Å². The number of anilines is 2. The Kier molecular flexibility index (Phi) is 5.59. The number of fused-ring (bicyclic) bond motifs is 4. The van der Waals surface area contributed by atoms with E-state index < -0.39 is 5.72 Å². The van der Waals surface area contributed by atoms with Crippen LogP contribution in [0, 0.1) is 13.8 Å². The summed E-state index contributed by atoms with van der Waals surface area (Å²) in [4.78, 5) is 32.4. The lowest BCUT2D eigenvalue weighted by Gasteiger charge is -2.50. The van der Waals surface area contributed by atoms with Crippen LogP contribution in [-0.2, 0) is 0 Å². The lowest BCUT2D eigenvalue weighted by atomic mass is 9.90. The molecule has 3 aliphatic heterocycles. The number of para-hydroxylation sites is 1. The van der Waals surface area contributed by atoms with Gasteiger partial charge in [-0.15, -0.1) is 0 Å². The molecule has 2 saturated heterocycles. The zero-order chi connectivity index (χ0) is 25.7. The van der Waals surface area contributed by atoms with Gasteiger partial charge in [0, 0.05) is 55.1 Å². The summed E-state index contributed by atoms with van der Waals surface area (Å²) in [5, 5.41) is 3.12. The lowest BCUT2D eigenvalue weighted by molar-refractivity contribution is 0.0379.